The third kappa shape index (κ3) is 2.92. The highest BCUT2D eigenvalue weighted by Gasteiger charge is 2.12. The summed E-state index contributed by atoms with van der Waals surface area (Å²) in [7, 11) is 2.00. The van der Waals surface area contributed by atoms with E-state index in [2.05, 4.69) is 47.6 Å². The highest BCUT2D eigenvalue weighted by molar-refractivity contribution is 5.29. The number of nitrogens with zero attached hydrogens (tertiary/aromatic N) is 1. The highest BCUT2D eigenvalue weighted by atomic mass is 14.9. The first-order chi connectivity index (χ1) is 8.31. The Morgan fingerprint density at radius 2 is 1.88 bits per heavy atom. The number of benzene rings is 1. The SMILES string of the molecule is CNC(Cc1ccccn1)c1ccccc1C. The second-order valence-electron chi connectivity index (χ2n) is 4.22. The summed E-state index contributed by atoms with van der Waals surface area (Å²) in [6.07, 6.45) is 2.77. The lowest BCUT2D eigenvalue weighted by molar-refractivity contribution is 0.581. The molecule has 0 saturated carbocycles. The second kappa shape index (κ2) is 5.60. The van der Waals surface area contributed by atoms with Gasteiger partial charge in [0.05, 0.1) is 0 Å². The first-order valence-electron chi connectivity index (χ1n) is 5.94. The van der Waals surface area contributed by atoms with Crippen LogP contribution in [0.4, 0.5) is 0 Å². The van der Waals surface area contributed by atoms with Gasteiger partial charge in [-0.2, -0.15) is 0 Å². The molecular weight excluding hydrogens is 208 g/mol. The van der Waals surface area contributed by atoms with Crippen molar-refractivity contribution in [1.82, 2.24) is 10.3 Å². The minimum atomic E-state index is 0.325. The molecule has 0 saturated heterocycles. The fraction of sp³-hybridized carbons (Fsp3) is 0.267. The van der Waals surface area contributed by atoms with Crippen molar-refractivity contribution in [1.29, 1.82) is 0 Å². The zero-order valence-corrected chi connectivity index (χ0v) is 10.4. The van der Waals surface area contributed by atoms with Gasteiger partial charge < -0.3 is 5.32 Å². The summed E-state index contributed by atoms with van der Waals surface area (Å²) in [5, 5.41) is 3.37. The number of hydrogen-bond acceptors (Lipinski definition) is 2. The molecule has 2 nitrogen and oxygen atoms in total. The Balaban J connectivity index is 2.21. The van der Waals surface area contributed by atoms with Crippen LogP contribution in [0.1, 0.15) is 22.9 Å². The number of aryl methyl sites for hydroxylation is 1. The van der Waals surface area contributed by atoms with Crippen LogP contribution in [0.25, 0.3) is 0 Å². The molecule has 1 aromatic heterocycles. The van der Waals surface area contributed by atoms with E-state index in [1.165, 1.54) is 11.1 Å². The molecule has 2 aromatic rings. The standard InChI is InChI=1S/C15H18N2/c1-12-7-3-4-9-14(12)15(16-2)11-13-8-5-6-10-17-13/h3-10,15-16H,11H2,1-2H3. The summed E-state index contributed by atoms with van der Waals surface area (Å²) in [4.78, 5) is 4.38. The van der Waals surface area contributed by atoms with Crippen LogP contribution < -0.4 is 5.32 Å². The number of nitrogens with one attached hydrogen (secondary N) is 1. The van der Waals surface area contributed by atoms with Gasteiger partial charge in [-0.1, -0.05) is 30.3 Å². The zero-order chi connectivity index (χ0) is 12.1. The van der Waals surface area contributed by atoms with Crippen LogP contribution in [0.2, 0.25) is 0 Å². The van der Waals surface area contributed by atoms with E-state index in [1.807, 2.05) is 25.4 Å². The Morgan fingerprint density at radius 1 is 1.12 bits per heavy atom. The van der Waals surface area contributed by atoms with Gasteiger partial charge in [0.25, 0.3) is 0 Å². The van der Waals surface area contributed by atoms with E-state index in [0.29, 0.717) is 6.04 Å². The molecule has 88 valence electrons. The summed E-state index contributed by atoms with van der Waals surface area (Å²) in [5.41, 5.74) is 3.79. The van der Waals surface area contributed by atoms with Crippen LogP contribution in [-0.4, -0.2) is 12.0 Å². The average molecular weight is 226 g/mol. The van der Waals surface area contributed by atoms with Gasteiger partial charge in [-0.15, -0.1) is 0 Å². The molecule has 1 unspecified atom stereocenters. The van der Waals surface area contributed by atoms with Crippen molar-refractivity contribution < 1.29 is 0 Å². The fourth-order valence-electron chi connectivity index (χ4n) is 2.07. The van der Waals surface area contributed by atoms with Crippen LogP contribution in [0, 0.1) is 6.92 Å². The Labute approximate surface area is 103 Å². The Bertz CT molecular complexity index is 465. The summed E-state index contributed by atoms with van der Waals surface area (Å²) in [5.74, 6) is 0. The number of rotatable bonds is 4. The number of likely N-dealkylation sites (N-methyl/N-ethyl adjacent to an activating group) is 1. The van der Waals surface area contributed by atoms with Crippen LogP contribution in [0.3, 0.4) is 0 Å². The topological polar surface area (TPSA) is 24.9 Å². The molecule has 1 N–H and O–H groups in total. The first-order valence-corrected chi connectivity index (χ1v) is 5.94. The van der Waals surface area contributed by atoms with E-state index in [1.54, 1.807) is 0 Å². The molecule has 2 heteroatoms. The summed E-state index contributed by atoms with van der Waals surface area (Å²) in [6.45, 7) is 2.15. The highest BCUT2D eigenvalue weighted by Crippen LogP contribution is 2.20. The van der Waals surface area contributed by atoms with Gasteiger partial charge in [0.15, 0.2) is 0 Å². The van der Waals surface area contributed by atoms with Gasteiger partial charge in [-0.3, -0.25) is 4.98 Å². The number of pyridine rings is 1. The summed E-state index contributed by atoms with van der Waals surface area (Å²) in [6, 6.07) is 14.9. The van der Waals surface area contributed by atoms with E-state index < -0.39 is 0 Å². The van der Waals surface area contributed by atoms with Crippen molar-refractivity contribution in [2.24, 2.45) is 0 Å². The van der Waals surface area contributed by atoms with E-state index in [4.69, 9.17) is 0 Å². The van der Waals surface area contributed by atoms with Crippen molar-refractivity contribution in [3.63, 3.8) is 0 Å². The molecule has 0 bridgehead atoms. The summed E-state index contributed by atoms with van der Waals surface area (Å²) < 4.78 is 0. The third-order valence-corrected chi connectivity index (χ3v) is 3.05. The largest absolute Gasteiger partial charge is 0.313 e. The van der Waals surface area contributed by atoms with Crippen molar-refractivity contribution in [2.75, 3.05) is 7.05 Å². The third-order valence-electron chi connectivity index (χ3n) is 3.05. The summed E-state index contributed by atoms with van der Waals surface area (Å²) >= 11 is 0. The molecule has 17 heavy (non-hydrogen) atoms. The predicted octanol–water partition coefficient (Wildman–Crippen LogP) is 2.89. The van der Waals surface area contributed by atoms with E-state index >= 15 is 0 Å². The Hall–Kier alpha value is -1.67. The maximum atomic E-state index is 4.38. The molecule has 1 aromatic carbocycles. The lowest BCUT2D eigenvalue weighted by Gasteiger charge is -2.18. The maximum absolute atomic E-state index is 4.38. The lowest BCUT2D eigenvalue weighted by atomic mass is 9.97. The molecule has 0 aliphatic heterocycles. The van der Waals surface area contributed by atoms with Gasteiger partial charge in [-0.05, 0) is 37.2 Å². The molecule has 0 fully saturated rings. The molecule has 0 aliphatic carbocycles. The number of aromatic nitrogens is 1. The normalized spacial score (nSPS) is 12.4. The number of hydrogen-bond donors (Lipinski definition) is 1. The van der Waals surface area contributed by atoms with Crippen molar-refractivity contribution in [2.45, 2.75) is 19.4 Å². The van der Waals surface area contributed by atoms with Crippen LogP contribution >= 0.6 is 0 Å². The Kier molecular flexibility index (Phi) is 3.89. The van der Waals surface area contributed by atoms with Crippen LogP contribution in [-0.2, 0) is 6.42 Å². The van der Waals surface area contributed by atoms with Crippen LogP contribution in [0.5, 0.6) is 0 Å². The molecule has 0 aliphatic rings. The molecular formula is C15H18N2. The maximum Gasteiger partial charge on any atom is 0.0422 e. The van der Waals surface area contributed by atoms with E-state index in [-0.39, 0.29) is 0 Å². The molecule has 0 spiro atoms. The van der Waals surface area contributed by atoms with Crippen molar-refractivity contribution in [3.8, 4) is 0 Å². The van der Waals surface area contributed by atoms with Gasteiger partial charge in [-0.25, -0.2) is 0 Å². The molecule has 1 heterocycles. The first kappa shape index (κ1) is 11.8. The molecule has 0 radical (unpaired) electrons. The van der Waals surface area contributed by atoms with E-state index in [0.717, 1.165) is 12.1 Å². The predicted molar refractivity (Wildman–Crippen MR) is 70.9 cm³/mol. The fourth-order valence-corrected chi connectivity index (χ4v) is 2.07. The lowest BCUT2D eigenvalue weighted by Crippen LogP contribution is -2.20. The Morgan fingerprint density at radius 3 is 2.53 bits per heavy atom. The van der Waals surface area contributed by atoms with Gasteiger partial charge in [0, 0.05) is 24.4 Å². The minimum absolute atomic E-state index is 0.325. The molecule has 1 atom stereocenters. The van der Waals surface area contributed by atoms with E-state index in [9.17, 15) is 0 Å². The molecule has 2 rings (SSSR count). The average Bonchev–Trinajstić information content (AvgIpc) is 2.38. The van der Waals surface area contributed by atoms with Crippen LogP contribution in [0.15, 0.2) is 48.7 Å². The zero-order valence-electron chi connectivity index (χ0n) is 10.4. The van der Waals surface area contributed by atoms with Gasteiger partial charge >= 0.3 is 0 Å². The molecule has 0 amide bonds. The van der Waals surface area contributed by atoms with Gasteiger partial charge in [0.2, 0.25) is 0 Å². The van der Waals surface area contributed by atoms with Gasteiger partial charge in [0.1, 0.15) is 0 Å². The minimum Gasteiger partial charge on any atom is -0.313 e. The van der Waals surface area contributed by atoms with Crippen molar-refractivity contribution in [3.05, 3.63) is 65.5 Å². The second-order valence-corrected chi connectivity index (χ2v) is 4.22. The monoisotopic (exact) mass is 226 g/mol. The van der Waals surface area contributed by atoms with Crippen molar-refractivity contribution >= 4 is 0 Å². The smallest absolute Gasteiger partial charge is 0.0422 e. The quantitative estimate of drug-likeness (QED) is 0.867.